The molecule has 0 fully saturated rings. The standard InChI is InChI=1S/C19H19F2N3O4/c1-10(2)24-19(28)16-18(27)17(26)13(8-23(16)9-22-24)15(25)6-4-11-3-5-12(20)7-14(11)21/h3,5,7-8,10,22,27H,4,6,9H2,1-2H3. The quantitative estimate of drug-likeness (QED) is 0.761. The van der Waals surface area contributed by atoms with Crippen LogP contribution >= 0.6 is 0 Å². The smallest absolute Gasteiger partial charge is 0.288 e. The van der Waals surface area contributed by atoms with Gasteiger partial charge in [0.15, 0.2) is 17.2 Å². The fourth-order valence-electron chi connectivity index (χ4n) is 3.06. The van der Waals surface area contributed by atoms with Crippen LogP contribution in [0.2, 0.25) is 0 Å². The van der Waals surface area contributed by atoms with Crippen molar-refractivity contribution in [1.82, 2.24) is 15.0 Å². The Kier molecular flexibility index (Phi) is 5.28. The summed E-state index contributed by atoms with van der Waals surface area (Å²) in [6, 6.07) is 2.83. The number of fused-ring (bicyclic) bond motifs is 1. The molecule has 0 radical (unpaired) electrons. The van der Waals surface area contributed by atoms with Gasteiger partial charge in [0.05, 0.1) is 12.2 Å². The summed E-state index contributed by atoms with van der Waals surface area (Å²) < 4.78 is 28.0. The van der Waals surface area contributed by atoms with Crippen LogP contribution in [-0.4, -0.2) is 32.4 Å². The molecule has 0 unspecified atom stereocenters. The molecule has 148 valence electrons. The van der Waals surface area contributed by atoms with Gasteiger partial charge in [0.2, 0.25) is 5.43 Å². The number of amides is 1. The van der Waals surface area contributed by atoms with Crippen LogP contribution in [0.4, 0.5) is 8.78 Å². The molecule has 0 spiro atoms. The van der Waals surface area contributed by atoms with Gasteiger partial charge < -0.3 is 9.67 Å². The van der Waals surface area contributed by atoms with Crippen molar-refractivity contribution >= 4 is 11.7 Å². The highest BCUT2D eigenvalue weighted by atomic mass is 19.1. The van der Waals surface area contributed by atoms with E-state index in [1.54, 1.807) is 13.8 Å². The van der Waals surface area contributed by atoms with Crippen LogP contribution in [0.15, 0.2) is 29.2 Å². The van der Waals surface area contributed by atoms with Gasteiger partial charge in [-0.1, -0.05) is 6.07 Å². The highest BCUT2D eigenvalue weighted by Crippen LogP contribution is 2.21. The largest absolute Gasteiger partial charge is 0.503 e. The summed E-state index contributed by atoms with van der Waals surface area (Å²) in [6.45, 7) is 3.62. The van der Waals surface area contributed by atoms with Crippen molar-refractivity contribution < 1.29 is 23.5 Å². The molecule has 0 atom stereocenters. The number of aryl methyl sites for hydroxylation is 1. The molecule has 2 aromatic rings. The average Bonchev–Trinajstić information content (AvgIpc) is 2.63. The van der Waals surface area contributed by atoms with Gasteiger partial charge in [0.25, 0.3) is 5.91 Å². The fraction of sp³-hybridized carbons (Fsp3) is 0.316. The molecule has 1 aliphatic rings. The lowest BCUT2D eigenvalue weighted by atomic mass is 10.0. The Bertz CT molecular complexity index is 1020. The van der Waals surface area contributed by atoms with Crippen molar-refractivity contribution in [3.8, 4) is 5.75 Å². The normalized spacial score (nSPS) is 13.8. The predicted molar refractivity (Wildman–Crippen MR) is 95.8 cm³/mol. The van der Waals surface area contributed by atoms with E-state index in [-0.39, 0.29) is 42.4 Å². The summed E-state index contributed by atoms with van der Waals surface area (Å²) in [5.41, 5.74) is 1.55. The number of carbonyl (C=O) groups is 2. The lowest BCUT2D eigenvalue weighted by Crippen LogP contribution is -2.53. The zero-order valence-corrected chi connectivity index (χ0v) is 15.3. The van der Waals surface area contributed by atoms with Gasteiger partial charge in [-0.2, -0.15) is 0 Å². The first-order valence-electron chi connectivity index (χ1n) is 8.71. The topological polar surface area (TPSA) is 91.6 Å². The fourth-order valence-corrected chi connectivity index (χ4v) is 3.06. The van der Waals surface area contributed by atoms with E-state index in [2.05, 4.69) is 5.43 Å². The molecule has 2 heterocycles. The minimum Gasteiger partial charge on any atom is -0.503 e. The van der Waals surface area contributed by atoms with Crippen LogP contribution in [0.5, 0.6) is 5.75 Å². The molecule has 7 nitrogen and oxygen atoms in total. The van der Waals surface area contributed by atoms with Crippen LogP contribution in [0.3, 0.4) is 0 Å². The van der Waals surface area contributed by atoms with Crippen molar-refractivity contribution in [3.05, 3.63) is 63.1 Å². The number of aromatic nitrogens is 1. The molecule has 1 aromatic carbocycles. The molecule has 1 aliphatic heterocycles. The van der Waals surface area contributed by atoms with Crippen molar-refractivity contribution in [1.29, 1.82) is 0 Å². The minimum atomic E-state index is -0.949. The number of nitrogens with one attached hydrogen (secondary N) is 1. The number of ketones is 1. The number of carbonyl (C=O) groups excluding carboxylic acids is 2. The highest BCUT2D eigenvalue weighted by molar-refractivity contribution is 5.99. The molecule has 28 heavy (non-hydrogen) atoms. The molecular formula is C19H19F2N3O4. The molecule has 2 N–H and O–H groups in total. The third-order valence-electron chi connectivity index (χ3n) is 4.54. The molecule has 0 aliphatic carbocycles. The lowest BCUT2D eigenvalue weighted by molar-refractivity contribution is 0.0461. The number of pyridine rings is 1. The van der Waals surface area contributed by atoms with Crippen LogP contribution < -0.4 is 10.9 Å². The number of rotatable bonds is 5. The summed E-state index contributed by atoms with van der Waals surface area (Å²) in [7, 11) is 0. The van der Waals surface area contributed by atoms with Crippen molar-refractivity contribution in [2.75, 3.05) is 0 Å². The number of nitrogens with zero attached hydrogens (tertiary/aromatic N) is 2. The van der Waals surface area contributed by atoms with Gasteiger partial charge in [-0.05, 0) is 31.9 Å². The third kappa shape index (κ3) is 3.53. The van der Waals surface area contributed by atoms with E-state index in [0.29, 0.717) is 0 Å². The van der Waals surface area contributed by atoms with Gasteiger partial charge in [-0.25, -0.2) is 14.2 Å². The van der Waals surface area contributed by atoms with Crippen LogP contribution in [0.25, 0.3) is 0 Å². The van der Waals surface area contributed by atoms with E-state index in [1.807, 2.05) is 0 Å². The Morgan fingerprint density at radius 3 is 2.64 bits per heavy atom. The van der Waals surface area contributed by atoms with Gasteiger partial charge in [0.1, 0.15) is 11.6 Å². The minimum absolute atomic E-state index is 0.0365. The van der Waals surface area contributed by atoms with E-state index < -0.39 is 34.5 Å². The highest BCUT2D eigenvalue weighted by Gasteiger charge is 2.31. The number of Topliss-reactive ketones (excluding diaryl/α,β-unsaturated/α-hetero) is 1. The summed E-state index contributed by atoms with van der Waals surface area (Å²) in [4.78, 5) is 37.4. The molecule has 3 rings (SSSR count). The summed E-state index contributed by atoms with van der Waals surface area (Å²) in [5, 5.41) is 11.5. The molecule has 0 bridgehead atoms. The van der Waals surface area contributed by atoms with E-state index in [9.17, 15) is 28.3 Å². The molecule has 1 amide bonds. The van der Waals surface area contributed by atoms with Gasteiger partial charge >= 0.3 is 0 Å². The average molecular weight is 391 g/mol. The maximum absolute atomic E-state index is 13.7. The summed E-state index contributed by atoms with van der Waals surface area (Å²) >= 11 is 0. The Balaban J connectivity index is 1.87. The van der Waals surface area contributed by atoms with E-state index >= 15 is 0 Å². The maximum Gasteiger partial charge on any atom is 0.288 e. The predicted octanol–water partition coefficient (Wildman–Crippen LogP) is 1.97. The third-order valence-corrected chi connectivity index (χ3v) is 4.54. The van der Waals surface area contributed by atoms with Crippen molar-refractivity contribution in [2.45, 2.75) is 39.4 Å². The van der Waals surface area contributed by atoms with Crippen molar-refractivity contribution in [3.63, 3.8) is 0 Å². The molecule has 9 heteroatoms. The molecular weight excluding hydrogens is 372 g/mol. The Morgan fingerprint density at radius 1 is 1.29 bits per heavy atom. The lowest BCUT2D eigenvalue weighted by Gasteiger charge is -2.33. The monoisotopic (exact) mass is 391 g/mol. The number of benzene rings is 1. The molecule has 0 saturated carbocycles. The van der Waals surface area contributed by atoms with Crippen LogP contribution in [0, 0.1) is 11.6 Å². The van der Waals surface area contributed by atoms with Gasteiger partial charge in [0, 0.05) is 24.7 Å². The van der Waals surface area contributed by atoms with Gasteiger partial charge in [-0.3, -0.25) is 19.4 Å². The zero-order chi connectivity index (χ0) is 20.6. The number of hydrogen-bond donors (Lipinski definition) is 2. The maximum atomic E-state index is 13.7. The first-order chi connectivity index (χ1) is 13.2. The number of hydrogen-bond acceptors (Lipinski definition) is 5. The van der Waals surface area contributed by atoms with Crippen LogP contribution in [-0.2, 0) is 13.1 Å². The zero-order valence-electron chi connectivity index (χ0n) is 15.3. The SMILES string of the molecule is CC(C)N1NCn2cc(C(=O)CCc3ccc(F)cc3F)c(=O)c(O)c2C1=O. The Hall–Kier alpha value is -3.07. The second-order valence-corrected chi connectivity index (χ2v) is 6.78. The summed E-state index contributed by atoms with van der Waals surface area (Å²) in [5.74, 6) is -3.49. The van der Waals surface area contributed by atoms with Crippen LogP contribution in [0.1, 0.15) is 46.7 Å². The second-order valence-electron chi connectivity index (χ2n) is 6.78. The second kappa shape index (κ2) is 7.51. The molecule has 0 saturated heterocycles. The Morgan fingerprint density at radius 2 is 2.00 bits per heavy atom. The van der Waals surface area contributed by atoms with Crippen molar-refractivity contribution in [2.24, 2.45) is 0 Å². The summed E-state index contributed by atoms with van der Waals surface area (Å²) in [6.07, 6.45) is 0.963. The molecule has 1 aromatic heterocycles. The Labute approximate surface area is 159 Å². The number of halogens is 2. The first-order valence-corrected chi connectivity index (χ1v) is 8.71. The number of hydrazine groups is 1. The first kappa shape index (κ1) is 19.7. The van der Waals surface area contributed by atoms with Gasteiger partial charge in [-0.15, -0.1) is 0 Å². The number of aromatic hydroxyl groups is 1. The van der Waals surface area contributed by atoms with E-state index in [4.69, 9.17) is 0 Å². The van der Waals surface area contributed by atoms with E-state index in [1.165, 1.54) is 21.8 Å². The van der Waals surface area contributed by atoms with E-state index in [0.717, 1.165) is 12.1 Å².